The van der Waals surface area contributed by atoms with Gasteiger partial charge in [0, 0.05) is 24.7 Å². The average molecular weight is 340 g/mol. The van der Waals surface area contributed by atoms with Crippen LogP contribution in [0.1, 0.15) is 32.1 Å². The molecule has 2 N–H and O–H groups in total. The molecule has 1 aliphatic carbocycles. The number of aromatic nitrogens is 1. The number of nitrogens with two attached hydrogens (primary N) is 1. The number of para-hydroxylation sites is 1. The van der Waals surface area contributed by atoms with Gasteiger partial charge in [-0.3, -0.25) is 9.78 Å². The molecular formula is C20H28N4O. The normalized spacial score (nSPS) is 17.0. The van der Waals surface area contributed by atoms with Crippen molar-refractivity contribution in [2.24, 2.45) is 5.73 Å². The highest BCUT2D eigenvalue weighted by atomic mass is 16.2. The average Bonchev–Trinajstić information content (AvgIpc) is 2.62. The van der Waals surface area contributed by atoms with Crippen LogP contribution in [-0.2, 0) is 4.79 Å². The number of carbonyl (C=O) groups is 1. The smallest absolute Gasteiger partial charge is 0.247 e. The van der Waals surface area contributed by atoms with E-state index in [4.69, 9.17) is 5.73 Å². The molecule has 5 heteroatoms. The van der Waals surface area contributed by atoms with Gasteiger partial charge in [0.2, 0.25) is 5.91 Å². The Kier molecular flexibility index (Phi) is 5.35. The van der Waals surface area contributed by atoms with Crippen LogP contribution in [0.15, 0.2) is 36.5 Å². The molecule has 1 saturated carbocycles. The molecule has 1 aromatic heterocycles. The number of carbonyl (C=O) groups excluding carboxylic acids is 1. The Balaban J connectivity index is 2.00. The third kappa shape index (κ3) is 3.83. The summed E-state index contributed by atoms with van der Waals surface area (Å²) in [6.07, 6.45) is 6.54. The van der Waals surface area contributed by atoms with Crippen molar-refractivity contribution in [3.63, 3.8) is 0 Å². The number of fused-ring (bicyclic) bond motifs is 1. The van der Waals surface area contributed by atoms with Crippen LogP contribution >= 0.6 is 0 Å². The Hall–Kier alpha value is -1.98. The summed E-state index contributed by atoms with van der Waals surface area (Å²) in [6, 6.07) is 9.89. The molecule has 1 heterocycles. The van der Waals surface area contributed by atoms with Gasteiger partial charge in [0.05, 0.1) is 16.7 Å². The van der Waals surface area contributed by atoms with E-state index in [1.54, 1.807) is 6.20 Å². The number of hydrogen-bond donors (Lipinski definition) is 1. The van der Waals surface area contributed by atoms with Crippen LogP contribution in [0.25, 0.3) is 10.9 Å². The molecule has 5 nitrogen and oxygen atoms in total. The van der Waals surface area contributed by atoms with Crippen LogP contribution in [-0.4, -0.2) is 48.5 Å². The van der Waals surface area contributed by atoms with Crippen LogP contribution in [0.5, 0.6) is 0 Å². The van der Waals surface area contributed by atoms with Crippen LogP contribution < -0.4 is 10.6 Å². The van der Waals surface area contributed by atoms with E-state index in [9.17, 15) is 4.79 Å². The fourth-order valence-electron chi connectivity index (χ4n) is 3.61. The van der Waals surface area contributed by atoms with E-state index < -0.39 is 5.54 Å². The Morgan fingerprint density at radius 2 is 1.84 bits per heavy atom. The molecule has 134 valence electrons. The zero-order valence-electron chi connectivity index (χ0n) is 15.2. The summed E-state index contributed by atoms with van der Waals surface area (Å²) in [5, 5.41) is 0.997. The summed E-state index contributed by atoms with van der Waals surface area (Å²) in [7, 11) is 4.04. The highest BCUT2D eigenvalue weighted by molar-refractivity contribution is 6.06. The van der Waals surface area contributed by atoms with Crippen molar-refractivity contribution in [3.05, 3.63) is 36.5 Å². The van der Waals surface area contributed by atoms with E-state index in [1.165, 1.54) is 6.42 Å². The number of amides is 1. The molecular weight excluding hydrogens is 312 g/mol. The van der Waals surface area contributed by atoms with E-state index in [0.717, 1.165) is 48.8 Å². The van der Waals surface area contributed by atoms with E-state index in [-0.39, 0.29) is 5.91 Å². The van der Waals surface area contributed by atoms with E-state index in [1.807, 2.05) is 49.3 Å². The minimum Gasteiger partial charge on any atom is -0.317 e. The van der Waals surface area contributed by atoms with Gasteiger partial charge in [-0.25, -0.2) is 0 Å². The number of benzene rings is 1. The van der Waals surface area contributed by atoms with Crippen molar-refractivity contribution >= 4 is 22.5 Å². The lowest BCUT2D eigenvalue weighted by molar-refractivity contribution is -0.124. The maximum Gasteiger partial charge on any atom is 0.247 e. The summed E-state index contributed by atoms with van der Waals surface area (Å²) in [4.78, 5) is 21.8. The molecule has 1 aliphatic rings. The predicted octanol–water partition coefficient (Wildman–Crippen LogP) is 2.79. The monoisotopic (exact) mass is 340 g/mol. The molecule has 3 rings (SSSR count). The van der Waals surface area contributed by atoms with Gasteiger partial charge in [-0.05, 0) is 39.1 Å². The SMILES string of the molecule is CN(C)CCN(C(=O)C1(N)CCCCC1)c1ccnc2ccccc12. The topological polar surface area (TPSA) is 62.5 Å². The van der Waals surface area contributed by atoms with Gasteiger partial charge in [0.25, 0.3) is 0 Å². The molecule has 1 fully saturated rings. The fourth-order valence-corrected chi connectivity index (χ4v) is 3.61. The van der Waals surface area contributed by atoms with E-state index in [2.05, 4.69) is 9.88 Å². The van der Waals surface area contributed by atoms with Gasteiger partial charge in [0.15, 0.2) is 0 Å². The number of hydrogen-bond acceptors (Lipinski definition) is 4. The maximum atomic E-state index is 13.4. The summed E-state index contributed by atoms with van der Waals surface area (Å²) < 4.78 is 0. The number of pyridine rings is 1. The first kappa shape index (κ1) is 17.8. The van der Waals surface area contributed by atoms with Crippen molar-refractivity contribution < 1.29 is 4.79 Å². The Morgan fingerprint density at radius 1 is 1.12 bits per heavy atom. The van der Waals surface area contributed by atoms with Gasteiger partial charge in [-0.15, -0.1) is 0 Å². The first-order chi connectivity index (χ1) is 12.0. The standard InChI is InChI=1S/C20H28N4O/c1-23(2)14-15-24(19(25)20(21)11-6-3-7-12-20)18-10-13-22-17-9-5-4-8-16(17)18/h4-5,8-10,13H,3,6-7,11-12,14-15,21H2,1-2H3. The summed E-state index contributed by atoms with van der Waals surface area (Å²) >= 11 is 0. The molecule has 1 aromatic carbocycles. The van der Waals surface area contributed by atoms with E-state index in [0.29, 0.717) is 6.54 Å². The molecule has 0 radical (unpaired) electrons. The Morgan fingerprint density at radius 3 is 2.56 bits per heavy atom. The van der Waals surface area contributed by atoms with Crippen molar-refractivity contribution in [2.45, 2.75) is 37.6 Å². The van der Waals surface area contributed by atoms with Crippen LogP contribution in [0.4, 0.5) is 5.69 Å². The molecule has 0 aliphatic heterocycles. The second-order valence-corrected chi connectivity index (χ2v) is 7.32. The first-order valence-corrected chi connectivity index (χ1v) is 9.11. The largest absolute Gasteiger partial charge is 0.317 e. The highest BCUT2D eigenvalue weighted by Gasteiger charge is 2.39. The summed E-state index contributed by atoms with van der Waals surface area (Å²) in [6.45, 7) is 1.41. The van der Waals surface area contributed by atoms with Gasteiger partial charge >= 0.3 is 0 Å². The molecule has 1 amide bonds. The highest BCUT2D eigenvalue weighted by Crippen LogP contribution is 2.32. The van der Waals surface area contributed by atoms with Gasteiger partial charge in [-0.2, -0.15) is 0 Å². The predicted molar refractivity (Wildman–Crippen MR) is 103 cm³/mol. The second kappa shape index (κ2) is 7.50. The summed E-state index contributed by atoms with van der Waals surface area (Å²) in [5.74, 6) is 0.0467. The molecule has 25 heavy (non-hydrogen) atoms. The van der Waals surface area contributed by atoms with Gasteiger partial charge in [0.1, 0.15) is 0 Å². The first-order valence-electron chi connectivity index (χ1n) is 9.11. The molecule has 0 atom stereocenters. The lowest BCUT2D eigenvalue weighted by Gasteiger charge is -2.37. The Bertz CT molecular complexity index is 732. The minimum atomic E-state index is -0.741. The van der Waals surface area contributed by atoms with Gasteiger partial charge in [-0.1, -0.05) is 37.5 Å². The lowest BCUT2D eigenvalue weighted by atomic mass is 9.81. The zero-order valence-corrected chi connectivity index (χ0v) is 15.2. The molecule has 0 bridgehead atoms. The molecule has 0 unspecified atom stereocenters. The van der Waals surface area contributed by atoms with Crippen LogP contribution in [0.2, 0.25) is 0 Å². The van der Waals surface area contributed by atoms with Crippen molar-refractivity contribution in [3.8, 4) is 0 Å². The van der Waals surface area contributed by atoms with E-state index >= 15 is 0 Å². The number of anilines is 1. The summed E-state index contributed by atoms with van der Waals surface area (Å²) in [5.41, 5.74) is 7.64. The van der Waals surface area contributed by atoms with Crippen LogP contribution in [0.3, 0.4) is 0 Å². The van der Waals surface area contributed by atoms with Crippen molar-refractivity contribution in [1.82, 2.24) is 9.88 Å². The molecule has 0 spiro atoms. The second-order valence-electron chi connectivity index (χ2n) is 7.32. The minimum absolute atomic E-state index is 0.0467. The van der Waals surface area contributed by atoms with Crippen LogP contribution in [0, 0.1) is 0 Å². The van der Waals surface area contributed by atoms with Crippen molar-refractivity contribution in [1.29, 1.82) is 0 Å². The maximum absolute atomic E-state index is 13.4. The van der Waals surface area contributed by atoms with Crippen molar-refractivity contribution in [2.75, 3.05) is 32.1 Å². The third-order valence-electron chi connectivity index (χ3n) is 5.10. The number of nitrogens with zero attached hydrogens (tertiary/aromatic N) is 3. The molecule has 0 saturated heterocycles. The fraction of sp³-hybridized carbons (Fsp3) is 0.500. The van der Waals surface area contributed by atoms with Gasteiger partial charge < -0.3 is 15.5 Å². The third-order valence-corrected chi connectivity index (χ3v) is 5.10. The Labute approximate surface area is 149 Å². The quantitative estimate of drug-likeness (QED) is 0.909. The number of rotatable bonds is 5. The molecule has 2 aromatic rings. The lowest BCUT2D eigenvalue weighted by Crippen LogP contribution is -2.57. The zero-order chi connectivity index (χ0) is 17.9. The number of likely N-dealkylation sites (N-methyl/N-ethyl adjacent to an activating group) is 1.